The summed E-state index contributed by atoms with van der Waals surface area (Å²) < 4.78 is 28.6. The van der Waals surface area contributed by atoms with Gasteiger partial charge in [0.05, 0.1) is 6.61 Å². The van der Waals surface area contributed by atoms with Gasteiger partial charge in [-0.25, -0.2) is 4.79 Å². The van der Waals surface area contributed by atoms with Crippen molar-refractivity contribution in [3.63, 3.8) is 0 Å². The SMILES string of the molecule is CCCCC/C=C\C/C=C\C/C=C\CCCCCCCCC(=O)OCC(COC1OC(C(=O)O)C(O)C(O)C1OC(=O)CCCCCCCCCCC/C=C\CCCCCCCC)OC(=O)CCCCCCC/C=C\CCCCCCCC. The molecule has 0 aromatic heterocycles. The molecule has 12 heteroatoms. The Balaban J connectivity index is 2.64. The fourth-order valence-corrected chi connectivity index (χ4v) is 10.2. The van der Waals surface area contributed by atoms with Crippen molar-refractivity contribution in [2.75, 3.05) is 13.2 Å². The van der Waals surface area contributed by atoms with Crippen LogP contribution in [0.1, 0.15) is 316 Å². The normalized spacial score (nSPS) is 17.9. The van der Waals surface area contributed by atoms with Crippen LogP contribution in [0.4, 0.5) is 0 Å². The minimum absolute atomic E-state index is 0.0567. The first kappa shape index (κ1) is 77.4. The summed E-state index contributed by atoms with van der Waals surface area (Å²) in [5.41, 5.74) is 0. The third kappa shape index (κ3) is 48.3. The summed E-state index contributed by atoms with van der Waals surface area (Å²) in [4.78, 5) is 51.4. The topological polar surface area (TPSA) is 175 Å². The Morgan fingerprint density at radius 1 is 0.398 bits per heavy atom. The number of carboxylic acids is 1. The maximum absolute atomic E-state index is 13.2. The van der Waals surface area contributed by atoms with Gasteiger partial charge in [0.1, 0.15) is 18.8 Å². The molecule has 3 N–H and O–H groups in total. The Bertz CT molecular complexity index is 1670. The van der Waals surface area contributed by atoms with Crippen LogP contribution in [0.25, 0.3) is 0 Å². The monoisotopic (exact) mass is 1170 g/mol. The zero-order valence-electron chi connectivity index (χ0n) is 53.2. The first-order valence-electron chi connectivity index (χ1n) is 34.3. The first-order chi connectivity index (χ1) is 40.6. The van der Waals surface area contributed by atoms with Gasteiger partial charge in [-0.2, -0.15) is 0 Å². The third-order valence-corrected chi connectivity index (χ3v) is 15.5. The van der Waals surface area contributed by atoms with E-state index < -0.39 is 67.3 Å². The quantitative estimate of drug-likeness (QED) is 0.0228. The van der Waals surface area contributed by atoms with Crippen molar-refractivity contribution < 1.29 is 58.2 Å². The largest absolute Gasteiger partial charge is 0.479 e. The van der Waals surface area contributed by atoms with E-state index >= 15 is 0 Å². The van der Waals surface area contributed by atoms with Gasteiger partial charge in [0.25, 0.3) is 0 Å². The molecule has 1 fully saturated rings. The molecular formula is C71H124O12. The summed E-state index contributed by atoms with van der Waals surface area (Å²) in [7, 11) is 0. The number of hydrogen-bond donors (Lipinski definition) is 3. The van der Waals surface area contributed by atoms with Crippen LogP contribution in [-0.4, -0.2) is 89.2 Å². The molecule has 0 aromatic carbocycles. The zero-order chi connectivity index (χ0) is 60.3. The molecule has 83 heavy (non-hydrogen) atoms. The van der Waals surface area contributed by atoms with E-state index in [1.165, 1.54) is 135 Å². The van der Waals surface area contributed by atoms with E-state index in [1.54, 1.807) is 0 Å². The fraction of sp³-hybridized carbons (Fsp3) is 0.803. The maximum Gasteiger partial charge on any atom is 0.335 e. The van der Waals surface area contributed by atoms with Crippen molar-refractivity contribution in [1.29, 1.82) is 0 Å². The minimum atomic E-state index is -1.91. The highest BCUT2D eigenvalue weighted by atomic mass is 16.7. The molecule has 0 saturated carbocycles. The minimum Gasteiger partial charge on any atom is -0.479 e. The van der Waals surface area contributed by atoms with Crippen molar-refractivity contribution in [2.24, 2.45) is 0 Å². The standard InChI is InChI=1S/C71H124O12/c1-4-7-10-13-16-19-22-25-28-30-32-34-37-39-42-45-48-51-54-57-63(72)79-60-62(81-64(73)58-55-52-49-46-43-40-36-27-24-21-18-15-12-9-6-3)61-80-71-69(67(76)66(75)68(83-71)70(77)78)82-65(74)59-56-53-50-47-44-41-38-35-33-31-29-26-23-20-17-14-11-8-5-2/h16,19,25-29,32,34,36,62,66-69,71,75-76H,4-15,17-18,20-24,30-31,33,35,37-61H2,1-3H3,(H,77,78)/b19-16-,28-25-,29-26-,34-32-,36-27-. The molecule has 0 aromatic rings. The van der Waals surface area contributed by atoms with Crippen molar-refractivity contribution in [3.8, 4) is 0 Å². The lowest BCUT2D eigenvalue weighted by atomic mass is 9.98. The van der Waals surface area contributed by atoms with Gasteiger partial charge in [-0.05, 0) is 109 Å². The van der Waals surface area contributed by atoms with Crippen LogP contribution in [-0.2, 0) is 42.9 Å². The van der Waals surface area contributed by atoms with Crippen LogP contribution in [0, 0.1) is 0 Å². The Morgan fingerprint density at radius 3 is 1.13 bits per heavy atom. The number of allylic oxidation sites excluding steroid dienone is 10. The third-order valence-electron chi connectivity index (χ3n) is 15.5. The summed E-state index contributed by atoms with van der Waals surface area (Å²) in [5.74, 6) is -3.13. The molecule has 6 unspecified atom stereocenters. The fourth-order valence-electron chi connectivity index (χ4n) is 10.2. The molecule has 1 aliphatic rings. The van der Waals surface area contributed by atoms with Crippen LogP contribution in [0.15, 0.2) is 60.8 Å². The van der Waals surface area contributed by atoms with Gasteiger partial charge in [-0.1, -0.05) is 248 Å². The lowest BCUT2D eigenvalue weighted by Gasteiger charge is -2.40. The number of hydrogen-bond acceptors (Lipinski definition) is 11. The van der Waals surface area contributed by atoms with Crippen molar-refractivity contribution in [3.05, 3.63) is 60.8 Å². The van der Waals surface area contributed by atoms with Crippen molar-refractivity contribution in [1.82, 2.24) is 0 Å². The Morgan fingerprint density at radius 2 is 0.723 bits per heavy atom. The average Bonchev–Trinajstić information content (AvgIpc) is 3.57. The molecule has 6 atom stereocenters. The second kappa shape index (κ2) is 58.8. The number of carboxylic acid groups (broad SMARTS) is 1. The van der Waals surface area contributed by atoms with Crippen LogP contribution in [0.2, 0.25) is 0 Å². The lowest BCUT2D eigenvalue weighted by Crippen LogP contribution is -2.61. The predicted octanol–water partition coefficient (Wildman–Crippen LogP) is 18.7. The number of unbranched alkanes of at least 4 members (excludes halogenated alkanes) is 35. The molecule has 12 nitrogen and oxygen atoms in total. The van der Waals surface area contributed by atoms with Crippen molar-refractivity contribution >= 4 is 23.9 Å². The van der Waals surface area contributed by atoms with Gasteiger partial charge >= 0.3 is 23.9 Å². The van der Waals surface area contributed by atoms with Crippen LogP contribution >= 0.6 is 0 Å². The molecular weight excluding hydrogens is 1040 g/mol. The van der Waals surface area contributed by atoms with Gasteiger partial charge in [0, 0.05) is 19.3 Å². The number of aliphatic carboxylic acids is 1. The zero-order valence-corrected chi connectivity index (χ0v) is 53.2. The molecule has 0 amide bonds. The van der Waals surface area contributed by atoms with Crippen molar-refractivity contribution in [2.45, 2.75) is 353 Å². The van der Waals surface area contributed by atoms with Crippen LogP contribution < -0.4 is 0 Å². The second-order valence-electron chi connectivity index (χ2n) is 23.5. The number of carbonyl (C=O) groups excluding carboxylic acids is 3. The average molecular weight is 1170 g/mol. The number of carbonyl (C=O) groups is 4. The van der Waals surface area contributed by atoms with E-state index in [1.807, 2.05) is 0 Å². The number of aliphatic hydroxyl groups excluding tert-OH is 2. The molecule has 1 saturated heterocycles. The Hall–Kier alpha value is -3.58. The number of esters is 3. The van der Waals surface area contributed by atoms with Gasteiger partial charge in [0.2, 0.25) is 0 Å². The van der Waals surface area contributed by atoms with Gasteiger partial charge < -0.3 is 39.0 Å². The molecule has 0 spiro atoms. The molecule has 1 rings (SSSR count). The summed E-state index contributed by atoms with van der Waals surface area (Å²) in [6.45, 7) is 5.99. The van der Waals surface area contributed by atoms with E-state index in [0.29, 0.717) is 19.3 Å². The van der Waals surface area contributed by atoms with Gasteiger partial charge in [0.15, 0.2) is 24.6 Å². The molecule has 480 valence electrons. The van der Waals surface area contributed by atoms with Gasteiger partial charge in [-0.3, -0.25) is 14.4 Å². The molecule has 0 bridgehead atoms. The number of rotatable bonds is 59. The highest BCUT2D eigenvalue weighted by molar-refractivity contribution is 5.74. The summed E-state index contributed by atoms with van der Waals surface area (Å²) in [6.07, 6.45) is 61.7. The molecule has 0 radical (unpaired) electrons. The van der Waals surface area contributed by atoms with Crippen LogP contribution in [0.5, 0.6) is 0 Å². The predicted molar refractivity (Wildman–Crippen MR) is 340 cm³/mol. The smallest absolute Gasteiger partial charge is 0.335 e. The highest BCUT2D eigenvalue weighted by Gasteiger charge is 2.50. The van der Waals surface area contributed by atoms with E-state index in [9.17, 15) is 34.5 Å². The summed E-state index contributed by atoms with van der Waals surface area (Å²) >= 11 is 0. The molecule has 0 aliphatic carbocycles. The highest BCUT2D eigenvalue weighted by Crippen LogP contribution is 2.27. The summed E-state index contributed by atoms with van der Waals surface area (Å²) in [5, 5.41) is 31.6. The second-order valence-corrected chi connectivity index (χ2v) is 23.5. The van der Waals surface area contributed by atoms with E-state index in [-0.39, 0.29) is 25.9 Å². The van der Waals surface area contributed by atoms with E-state index in [0.717, 1.165) is 122 Å². The van der Waals surface area contributed by atoms with E-state index in [2.05, 4.69) is 81.5 Å². The Labute approximate surface area is 506 Å². The van der Waals surface area contributed by atoms with Crippen LogP contribution in [0.3, 0.4) is 0 Å². The molecule has 1 heterocycles. The lowest BCUT2D eigenvalue weighted by molar-refractivity contribution is -0.301. The van der Waals surface area contributed by atoms with Gasteiger partial charge in [-0.15, -0.1) is 0 Å². The Kier molecular flexibility index (Phi) is 54.8. The first-order valence-corrected chi connectivity index (χ1v) is 34.3. The molecule has 1 aliphatic heterocycles. The van der Waals surface area contributed by atoms with E-state index in [4.69, 9.17) is 23.7 Å². The number of ether oxygens (including phenoxy) is 5. The number of aliphatic hydroxyl groups is 2. The summed E-state index contributed by atoms with van der Waals surface area (Å²) in [6, 6.07) is 0. The maximum atomic E-state index is 13.2.